The molecular weight excluding hydrogens is 214 g/mol. The Morgan fingerprint density at radius 2 is 2.18 bits per heavy atom. The zero-order valence-electron chi connectivity index (χ0n) is 11.6. The molecule has 1 heterocycles. The van der Waals surface area contributed by atoms with E-state index in [9.17, 15) is 4.79 Å². The summed E-state index contributed by atoms with van der Waals surface area (Å²) in [5.41, 5.74) is 5.90. The Hall–Kier alpha value is -0.610. The van der Waals surface area contributed by atoms with Crippen molar-refractivity contribution in [3.05, 3.63) is 0 Å². The molecule has 4 nitrogen and oxygen atoms in total. The zero-order valence-corrected chi connectivity index (χ0v) is 11.6. The first-order valence-electron chi connectivity index (χ1n) is 6.72. The predicted molar refractivity (Wildman–Crippen MR) is 70.7 cm³/mol. The molecule has 100 valence electrons. The summed E-state index contributed by atoms with van der Waals surface area (Å²) < 4.78 is 0. The molecule has 0 spiro atoms. The van der Waals surface area contributed by atoms with Crippen LogP contribution in [0.4, 0.5) is 0 Å². The lowest BCUT2D eigenvalue weighted by atomic mass is 10.0. The van der Waals surface area contributed by atoms with Gasteiger partial charge < -0.3 is 10.6 Å². The normalized spacial score (nSPS) is 23.1. The first-order valence-corrected chi connectivity index (χ1v) is 6.72. The minimum atomic E-state index is -0.364. The van der Waals surface area contributed by atoms with Crippen molar-refractivity contribution in [3.63, 3.8) is 0 Å². The molecule has 2 unspecified atom stereocenters. The lowest BCUT2D eigenvalue weighted by molar-refractivity contribution is -0.132. The molecule has 4 heteroatoms. The van der Waals surface area contributed by atoms with Crippen LogP contribution in [0.15, 0.2) is 0 Å². The van der Waals surface area contributed by atoms with Gasteiger partial charge in [0.15, 0.2) is 0 Å². The Kier molecular flexibility index (Phi) is 5.40. The fraction of sp³-hybridized carbons (Fsp3) is 0.923. The molecule has 0 aliphatic carbocycles. The molecule has 0 aromatic rings. The van der Waals surface area contributed by atoms with Crippen LogP contribution in [0, 0.1) is 5.92 Å². The van der Waals surface area contributed by atoms with Crippen molar-refractivity contribution < 1.29 is 4.79 Å². The van der Waals surface area contributed by atoms with Crippen molar-refractivity contribution in [3.8, 4) is 0 Å². The van der Waals surface area contributed by atoms with Gasteiger partial charge in [0.1, 0.15) is 0 Å². The second kappa shape index (κ2) is 6.36. The van der Waals surface area contributed by atoms with Crippen LogP contribution < -0.4 is 5.73 Å². The fourth-order valence-corrected chi connectivity index (χ4v) is 2.46. The minimum absolute atomic E-state index is 0.0722. The number of hydrogen-bond donors (Lipinski definition) is 1. The van der Waals surface area contributed by atoms with Gasteiger partial charge >= 0.3 is 0 Å². The fourth-order valence-electron chi connectivity index (χ4n) is 2.46. The van der Waals surface area contributed by atoms with Crippen LogP contribution in [0.25, 0.3) is 0 Å². The van der Waals surface area contributed by atoms with Gasteiger partial charge in [0.25, 0.3) is 0 Å². The van der Waals surface area contributed by atoms with Gasteiger partial charge in [-0.15, -0.1) is 0 Å². The van der Waals surface area contributed by atoms with E-state index < -0.39 is 0 Å². The van der Waals surface area contributed by atoms with Gasteiger partial charge in [-0.25, -0.2) is 0 Å². The van der Waals surface area contributed by atoms with Gasteiger partial charge in [-0.05, 0) is 31.8 Å². The molecule has 17 heavy (non-hydrogen) atoms. The number of carbonyl (C=O) groups is 1. The summed E-state index contributed by atoms with van der Waals surface area (Å²) in [6.45, 7) is 9.21. The second-order valence-corrected chi connectivity index (χ2v) is 5.41. The van der Waals surface area contributed by atoms with Crippen LogP contribution in [0.3, 0.4) is 0 Å². The summed E-state index contributed by atoms with van der Waals surface area (Å²) in [7, 11) is 1.87. The number of rotatable bonds is 5. The van der Waals surface area contributed by atoms with E-state index in [1.54, 1.807) is 0 Å². The largest absolute Gasteiger partial charge is 0.343 e. The van der Waals surface area contributed by atoms with Gasteiger partial charge in [0.2, 0.25) is 5.91 Å². The third kappa shape index (κ3) is 3.68. The maximum absolute atomic E-state index is 12.0. The molecule has 2 N–H and O–H groups in total. The van der Waals surface area contributed by atoms with Crippen molar-refractivity contribution in [2.75, 3.05) is 26.7 Å². The van der Waals surface area contributed by atoms with Crippen LogP contribution in [0.1, 0.15) is 33.6 Å². The van der Waals surface area contributed by atoms with Crippen LogP contribution in [-0.4, -0.2) is 54.5 Å². The summed E-state index contributed by atoms with van der Waals surface area (Å²) in [6, 6.07) is 0.157. The van der Waals surface area contributed by atoms with E-state index in [1.807, 2.05) is 25.8 Å². The highest BCUT2D eigenvalue weighted by Crippen LogP contribution is 2.17. The third-order valence-electron chi connectivity index (χ3n) is 3.77. The van der Waals surface area contributed by atoms with E-state index in [1.165, 1.54) is 19.4 Å². The van der Waals surface area contributed by atoms with Crippen molar-refractivity contribution in [1.82, 2.24) is 9.80 Å². The molecule has 1 saturated heterocycles. The molecule has 0 bridgehead atoms. The average Bonchev–Trinajstić information content (AvgIpc) is 2.73. The number of amides is 1. The van der Waals surface area contributed by atoms with Crippen molar-refractivity contribution >= 4 is 5.91 Å². The smallest absolute Gasteiger partial charge is 0.239 e. The summed E-state index contributed by atoms with van der Waals surface area (Å²) >= 11 is 0. The van der Waals surface area contributed by atoms with Crippen LogP contribution in [-0.2, 0) is 4.79 Å². The van der Waals surface area contributed by atoms with Crippen LogP contribution >= 0.6 is 0 Å². The standard InChI is InChI=1S/C13H27N3O/c1-5-16-8-6-7-11(16)9-15(4)13(17)12(14)10(2)3/h10-12H,5-9,14H2,1-4H3. The molecule has 1 amide bonds. The van der Waals surface area contributed by atoms with Crippen molar-refractivity contribution in [2.24, 2.45) is 11.7 Å². The Labute approximate surface area is 105 Å². The van der Waals surface area contributed by atoms with Gasteiger partial charge in [-0.2, -0.15) is 0 Å². The topological polar surface area (TPSA) is 49.6 Å². The van der Waals surface area contributed by atoms with Crippen LogP contribution in [0.5, 0.6) is 0 Å². The molecule has 0 saturated carbocycles. The molecule has 1 rings (SSSR count). The number of nitrogens with zero attached hydrogens (tertiary/aromatic N) is 2. The summed E-state index contributed by atoms with van der Waals surface area (Å²) in [6.07, 6.45) is 2.44. The highest BCUT2D eigenvalue weighted by atomic mass is 16.2. The Morgan fingerprint density at radius 1 is 1.53 bits per heavy atom. The Morgan fingerprint density at radius 3 is 2.71 bits per heavy atom. The average molecular weight is 241 g/mol. The summed E-state index contributed by atoms with van der Waals surface area (Å²) in [4.78, 5) is 16.3. The number of likely N-dealkylation sites (tertiary alicyclic amines) is 1. The lowest BCUT2D eigenvalue weighted by Gasteiger charge is -2.30. The number of likely N-dealkylation sites (N-methyl/N-ethyl adjacent to an activating group) is 2. The van der Waals surface area contributed by atoms with E-state index >= 15 is 0 Å². The van der Waals surface area contributed by atoms with E-state index in [0.29, 0.717) is 6.04 Å². The Balaban J connectivity index is 2.48. The van der Waals surface area contributed by atoms with E-state index in [-0.39, 0.29) is 17.9 Å². The second-order valence-electron chi connectivity index (χ2n) is 5.41. The third-order valence-corrected chi connectivity index (χ3v) is 3.77. The minimum Gasteiger partial charge on any atom is -0.343 e. The molecule has 1 aliphatic heterocycles. The molecule has 1 fully saturated rings. The van der Waals surface area contributed by atoms with Gasteiger partial charge in [0, 0.05) is 19.6 Å². The first kappa shape index (κ1) is 14.5. The zero-order chi connectivity index (χ0) is 13.0. The van der Waals surface area contributed by atoms with E-state index in [0.717, 1.165) is 13.1 Å². The maximum atomic E-state index is 12.0. The van der Waals surface area contributed by atoms with Crippen molar-refractivity contribution in [2.45, 2.75) is 45.7 Å². The Bertz CT molecular complexity index is 255. The monoisotopic (exact) mass is 241 g/mol. The SMILES string of the molecule is CCN1CCCC1CN(C)C(=O)C(N)C(C)C. The van der Waals surface area contributed by atoms with Gasteiger partial charge in [-0.1, -0.05) is 20.8 Å². The van der Waals surface area contributed by atoms with E-state index in [2.05, 4.69) is 11.8 Å². The molecule has 0 radical (unpaired) electrons. The van der Waals surface area contributed by atoms with E-state index in [4.69, 9.17) is 5.73 Å². The molecule has 0 aromatic heterocycles. The quantitative estimate of drug-likeness (QED) is 0.778. The lowest BCUT2D eigenvalue weighted by Crippen LogP contribution is -2.48. The summed E-state index contributed by atoms with van der Waals surface area (Å²) in [5.74, 6) is 0.277. The van der Waals surface area contributed by atoms with Crippen LogP contribution in [0.2, 0.25) is 0 Å². The molecule has 0 aromatic carbocycles. The molecule has 1 aliphatic rings. The highest BCUT2D eigenvalue weighted by Gasteiger charge is 2.27. The molecule has 2 atom stereocenters. The first-order chi connectivity index (χ1) is 7.97. The van der Waals surface area contributed by atoms with Gasteiger partial charge in [-0.3, -0.25) is 9.69 Å². The number of hydrogen-bond acceptors (Lipinski definition) is 3. The maximum Gasteiger partial charge on any atom is 0.239 e. The predicted octanol–water partition coefficient (Wildman–Crippen LogP) is 0.912. The van der Waals surface area contributed by atoms with Crippen molar-refractivity contribution in [1.29, 1.82) is 0 Å². The number of carbonyl (C=O) groups excluding carboxylic acids is 1. The number of nitrogens with two attached hydrogens (primary N) is 1. The molecular formula is C13H27N3O. The van der Waals surface area contributed by atoms with Gasteiger partial charge in [0.05, 0.1) is 6.04 Å². The summed E-state index contributed by atoms with van der Waals surface area (Å²) in [5, 5.41) is 0. The highest BCUT2D eigenvalue weighted by molar-refractivity contribution is 5.81.